The number of nitrogens with zero attached hydrogens (tertiary/aromatic N) is 2. The molecule has 2 bridgehead atoms. The van der Waals surface area contributed by atoms with Gasteiger partial charge in [0.2, 0.25) is 0 Å². The van der Waals surface area contributed by atoms with Crippen LogP contribution in [0.5, 0.6) is 11.5 Å². The number of piperazine rings is 1. The highest BCUT2D eigenvalue weighted by Crippen LogP contribution is 2.29. The molecule has 6 heteroatoms. The van der Waals surface area contributed by atoms with Crippen molar-refractivity contribution in [2.24, 2.45) is 5.73 Å². The number of ether oxygens (including phenoxy) is 1. The van der Waals surface area contributed by atoms with Gasteiger partial charge in [0, 0.05) is 31.7 Å². The molecule has 0 spiro atoms. The van der Waals surface area contributed by atoms with Crippen LogP contribution in [-0.2, 0) is 0 Å². The third kappa shape index (κ3) is 3.05. The molecule has 3 N–H and O–H groups in total. The van der Waals surface area contributed by atoms with Gasteiger partial charge in [0.1, 0.15) is 18.1 Å². The Bertz CT molecular complexity index is 491. The lowest BCUT2D eigenvalue weighted by molar-refractivity contribution is 0.0735. The first kappa shape index (κ1) is 14.0. The zero-order valence-corrected chi connectivity index (χ0v) is 11.9. The number of benzene rings is 1. The molecule has 1 aromatic rings. The van der Waals surface area contributed by atoms with E-state index in [0.717, 1.165) is 38.2 Å². The summed E-state index contributed by atoms with van der Waals surface area (Å²) in [6.45, 7) is 2.91. The molecular formula is C15H21N3O3. The van der Waals surface area contributed by atoms with E-state index in [1.54, 1.807) is 29.2 Å². The molecule has 2 fully saturated rings. The van der Waals surface area contributed by atoms with Crippen molar-refractivity contribution in [1.29, 1.82) is 0 Å². The van der Waals surface area contributed by atoms with Crippen molar-refractivity contribution in [2.45, 2.75) is 24.9 Å². The Hall–Kier alpha value is -1.95. The second kappa shape index (κ2) is 5.81. The first-order valence-electron chi connectivity index (χ1n) is 7.35. The molecule has 1 aromatic carbocycles. The lowest BCUT2D eigenvalue weighted by Crippen LogP contribution is -2.57. The molecule has 2 aliphatic heterocycles. The fraction of sp³-hybridized carbons (Fsp3) is 0.533. The quantitative estimate of drug-likeness (QED) is 0.867. The summed E-state index contributed by atoms with van der Waals surface area (Å²) in [5.74, 6) is 0.999. The number of hydrogen-bond acceptors (Lipinski definition) is 4. The van der Waals surface area contributed by atoms with E-state index in [9.17, 15) is 9.90 Å². The fourth-order valence-corrected chi connectivity index (χ4v) is 3.35. The third-order valence-corrected chi connectivity index (χ3v) is 4.40. The zero-order chi connectivity index (χ0) is 14.8. The minimum absolute atomic E-state index is 0.239. The Labute approximate surface area is 124 Å². The summed E-state index contributed by atoms with van der Waals surface area (Å²) in [4.78, 5) is 15.5. The van der Waals surface area contributed by atoms with Crippen molar-refractivity contribution in [3.05, 3.63) is 24.3 Å². The molecule has 0 saturated carbocycles. The molecule has 0 aliphatic carbocycles. The second-order valence-corrected chi connectivity index (χ2v) is 5.71. The second-order valence-electron chi connectivity index (χ2n) is 5.71. The molecule has 2 aliphatic rings. The van der Waals surface area contributed by atoms with Gasteiger partial charge < -0.3 is 20.5 Å². The fourth-order valence-electron chi connectivity index (χ4n) is 3.35. The van der Waals surface area contributed by atoms with Crippen LogP contribution in [-0.4, -0.2) is 59.3 Å². The topological polar surface area (TPSA) is 79.0 Å². The van der Waals surface area contributed by atoms with Gasteiger partial charge in [0.15, 0.2) is 0 Å². The van der Waals surface area contributed by atoms with Crippen molar-refractivity contribution in [3.63, 3.8) is 0 Å². The molecule has 2 atom stereocenters. The lowest BCUT2D eigenvalue weighted by Gasteiger charge is -2.40. The molecule has 2 amide bonds. The van der Waals surface area contributed by atoms with E-state index in [1.807, 2.05) is 0 Å². The number of urea groups is 1. The number of primary amides is 1. The van der Waals surface area contributed by atoms with Gasteiger partial charge in [-0.15, -0.1) is 0 Å². The van der Waals surface area contributed by atoms with Gasteiger partial charge >= 0.3 is 6.03 Å². The molecule has 21 heavy (non-hydrogen) atoms. The normalized spacial score (nSPS) is 25.0. The smallest absolute Gasteiger partial charge is 0.314 e. The van der Waals surface area contributed by atoms with Crippen molar-refractivity contribution < 1.29 is 14.6 Å². The van der Waals surface area contributed by atoms with Gasteiger partial charge in [-0.2, -0.15) is 0 Å². The van der Waals surface area contributed by atoms with Crippen molar-refractivity contribution in [1.82, 2.24) is 9.80 Å². The van der Waals surface area contributed by atoms with Crippen molar-refractivity contribution in [2.75, 3.05) is 26.2 Å². The monoisotopic (exact) mass is 291 g/mol. The SMILES string of the molecule is NC(=O)N1C[C@H]2CC[C@@H](C1)N2CCOc1ccc(O)cc1. The van der Waals surface area contributed by atoms with Crippen LogP contribution in [0, 0.1) is 0 Å². The molecule has 3 rings (SSSR count). The number of aromatic hydroxyl groups is 1. The van der Waals surface area contributed by atoms with E-state index in [4.69, 9.17) is 10.5 Å². The zero-order valence-electron chi connectivity index (χ0n) is 11.9. The predicted octanol–water partition coefficient (Wildman–Crippen LogP) is 0.998. The van der Waals surface area contributed by atoms with Crippen molar-refractivity contribution >= 4 is 6.03 Å². The summed E-state index contributed by atoms with van der Waals surface area (Å²) in [5, 5.41) is 9.23. The maximum absolute atomic E-state index is 11.3. The van der Waals surface area contributed by atoms with Gasteiger partial charge in [-0.05, 0) is 37.1 Å². The number of fused-ring (bicyclic) bond motifs is 2. The number of carbonyl (C=O) groups excluding carboxylic acids is 1. The summed E-state index contributed by atoms with van der Waals surface area (Å²) in [6.07, 6.45) is 2.24. The van der Waals surface area contributed by atoms with E-state index in [1.165, 1.54) is 0 Å². The van der Waals surface area contributed by atoms with Gasteiger partial charge in [-0.25, -0.2) is 4.79 Å². The number of phenols is 1. The molecule has 0 unspecified atom stereocenters. The number of amides is 2. The van der Waals surface area contributed by atoms with E-state index in [-0.39, 0.29) is 11.8 Å². The Morgan fingerprint density at radius 1 is 1.24 bits per heavy atom. The first-order valence-corrected chi connectivity index (χ1v) is 7.35. The Balaban J connectivity index is 1.50. The lowest BCUT2D eigenvalue weighted by atomic mass is 10.2. The number of hydrogen-bond donors (Lipinski definition) is 2. The van der Waals surface area contributed by atoms with Crippen LogP contribution < -0.4 is 10.5 Å². The van der Waals surface area contributed by atoms with Crippen LogP contribution in [0.3, 0.4) is 0 Å². The van der Waals surface area contributed by atoms with E-state index in [2.05, 4.69) is 4.90 Å². The number of phenolic OH excluding ortho intramolecular Hbond substituents is 1. The molecule has 114 valence electrons. The summed E-state index contributed by atoms with van der Waals surface area (Å²) in [5.41, 5.74) is 5.38. The van der Waals surface area contributed by atoms with Crippen LogP contribution >= 0.6 is 0 Å². The van der Waals surface area contributed by atoms with Gasteiger partial charge in [0.25, 0.3) is 0 Å². The first-order chi connectivity index (χ1) is 10.1. The van der Waals surface area contributed by atoms with Gasteiger partial charge in [-0.1, -0.05) is 0 Å². The van der Waals surface area contributed by atoms with Gasteiger partial charge in [0.05, 0.1) is 0 Å². The maximum Gasteiger partial charge on any atom is 0.314 e. The van der Waals surface area contributed by atoms with Crippen LogP contribution in [0.2, 0.25) is 0 Å². The molecule has 0 radical (unpaired) electrons. The Morgan fingerprint density at radius 2 is 1.86 bits per heavy atom. The van der Waals surface area contributed by atoms with Crippen LogP contribution in [0.4, 0.5) is 4.79 Å². The van der Waals surface area contributed by atoms with E-state index in [0.29, 0.717) is 18.7 Å². The third-order valence-electron chi connectivity index (χ3n) is 4.40. The minimum Gasteiger partial charge on any atom is -0.508 e. The van der Waals surface area contributed by atoms with Crippen LogP contribution in [0.15, 0.2) is 24.3 Å². The predicted molar refractivity (Wildman–Crippen MR) is 78.3 cm³/mol. The van der Waals surface area contributed by atoms with E-state index < -0.39 is 0 Å². The van der Waals surface area contributed by atoms with Gasteiger partial charge in [-0.3, -0.25) is 4.90 Å². The summed E-state index contributed by atoms with van der Waals surface area (Å²) < 4.78 is 5.70. The van der Waals surface area contributed by atoms with E-state index >= 15 is 0 Å². The summed E-state index contributed by atoms with van der Waals surface area (Å²) in [6, 6.07) is 7.24. The highest BCUT2D eigenvalue weighted by molar-refractivity contribution is 5.72. The van der Waals surface area contributed by atoms with Crippen LogP contribution in [0.1, 0.15) is 12.8 Å². The highest BCUT2D eigenvalue weighted by atomic mass is 16.5. The summed E-state index contributed by atoms with van der Waals surface area (Å²) >= 11 is 0. The minimum atomic E-state index is -0.313. The maximum atomic E-state index is 11.3. The molecule has 2 saturated heterocycles. The van der Waals surface area contributed by atoms with Crippen LogP contribution in [0.25, 0.3) is 0 Å². The highest BCUT2D eigenvalue weighted by Gasteiger charge is 2.40. The standard InChI is InChI=1S/C15H21N3O3/c16-15(20)17-9-11-1-2-12(10-17)18(11)7-8-21-14-5-3-13(19)4-6-14/h3-6,11-12,19H,1-2,7-10H2,(H2,16,20)/t11-,12+. The Kier molecular flexibility index (Phi) is 3.88. The number of carbonyl (C=O) groups is 1. The average Bonchev–Trinajstić information content (AvgIpc) is 2.70. The molecule has 0 aromatic heterocycles. The number of nitrogens with two attached hydrogens (primary N) is 1. The number of likely N-dealkylation sites (tertiary alicyclic amines) is 1. The molecule has 2 heterocycles. The summed E-state index contributed by atoms with van der Waals surface area (Å²) in [7, 11) is 0. The molecular weight excluding hydrogens is 270 g/mol. The number of rotatable bonds is 4. The van der Waals surface area contributed by atoms with Crippen molar-refractivity contribution in [3.8, 4) is 11.5 Å². The average molecular weight is 291 g/mol. The molecule has 6 nitrogen and oxygen atoms in total. The Morgan fingerprint density at radius 3 is 2.43 bits per heavy atom. The largest absolute Gasteiger partial charge is 0.508 e.